The number of aromatic nitrogens is 4. The fraction of sp³-hybridized carbons (Fsp3) is 0.0455. The van der Waals surface area contributed by atoms with E-state index in [0.29, 0.717) is 11.6 Å². The Morgan fingerprint density at radius 2 is 0.843 bits per heavy atom. The minimum absolute atomic E-state index is 0. The average Bonchev–Trinajstić information content (AvgIpc) is 4.00. The topological polar surface area (TPSA) is 72.4 Å². The molecular formula is C44H30N4NiO2. The van der Waals surface area contributed by atoms with Gasteiger partial charge < -0.3 is 19.4 Å². The van der Waals surface area contributed by atoms with Crippen LogP contribution < -0.4 is 14.7 Å². The van der Waals surface area contributed by atoms with Gasteiger partial charge >= 0.3 is 16.5 Å². The summed E-state index contributed by atoms with van der Waals surface area (Å²) in [5.41, 5.74) is 12.8. The first kappa shape index (κ1) is 32.2. The van der Waals surface area contributed by atoms with Crippen LogP contribution in [-0.2, 0) is 21.2 Å². The third kappa shape index (κ3) is 5.87. The van der Waals surface area contributed by atoms with Gasteiger partial charge in [-0.15, -0.1) is 22.1 Å². The van der Waals surface area contributed by atoms with E-state index in [9.17, 15) is 0 Å². The number of nitrogens with zero attached hydrogens (tertiary/aromatic N) is 4. The van der Waals surface area contributed by atoms with E-state index >= 15 is 0 Å². The number of benzene rings is 4. The molecule has 0 saturated heterocycles. The summed E-state index contributed by atoms with van der Waals surface area (Å²) in [4.78, 5) is 21.1. The second kappa shape index (κ2) is 13.7. The standard InChI is InChI=1S/C44H30N4O2.Ni/c1-49-44-42-40(30-18-10-4-11-19-30)36-26-24-34(46-36)38(28-14-6-2-7-15-28)32-22-23-33(45-32)39(29-16-8-3-9-17-29)35-25-27-37(47-35)41(43(48-42)50-44)31-20-12-5-13-21-31;/h2-27,44H,1H3;/q-2;+2. The molecule has 0 saturated carbocycles. The summed E-state index contributed by atoms with van der Waals surface area (Å²) in [5, 5.41) is 0. The minimum atomic E-state index is -0.771. The van der Waals surface area contributed by atoms with Crippen LogP contribution in [0, 0.1) is 0 Å². The zero-order valence-electron chi connectivity index (χ0n) is 27.5. The molecule has 0 amide bonds. The molecular weight excluding hydrogens is 675 g/mol. The molecule has 1 unspecified atom stereocenters. The molecule has 3 aromatic heterocycles. The molecule has 4 aromatic carbocycles. The molecule has 6 nitrogen and oxygen atoms in total. The van der Waals surface area contributed by atoms with Crippen molar-refractivity contribution < 1.29 is 26.0 Å². The maximum absolute atomic E-state index is 6.60. The number of hydrogen-bond acceptors (Lipinski definition) is 4. The summed E-state index contributed by atoms with van der Waals surface area (Å²) in [6.45, 7) is 0. The Morgan fingerprint density at radius 3 is 1.27 bits per heavy atom. The van der Waals surface area contributed by atoms with Gasteiger partial charge in [0.1, 0.15) is 5.69 Å². The maximum atomic E-state index is 6.60. The van der Waals surface area contributed by atoms with E-state index in [2.05, 4.69) is 60.7 Å². The molecule has 2 aliphatic rings. The van der Waals surface area contributed by atoms with E-state index in [4.69, 9.17) is 29.4 Å². The van der Waals surface area contributed by atoms with Crippen LogP contribution in [0.25, 0.3) is 78.7 Å². The van der Waals surface area contributed by atoms with Gasteiger partial charge in [0.2, 0.25) is 12.2 Å². The van der Waals surface area contributed by atoms with Crippen molar-refractivity contribution in [1.29, 1.82) is 0 Å². The Kier molecular flexibility index (Phi) is 8.66. The third-order valence-corrected chi connectivity index (χ3v) is 9.05. The van der Waals surface area contributed by atoms with Crippen molar-refractivity contribution in [3.8, 4) is 50.4 Å². The molecule has 248 valence electrons. The Morgan fingerprint density at radius 1 is 0.471 bits per heavy atom. The number of methoxy groups -OCH3 is 1. The van der Waals surface area contributed by atoms with Gasteiger partial charge in [0.15, 0.2) is 0 Å². The SMILES string of the molecule is COC1Oc2nc1c(-c1ccccc1)c1ccc([n-]1)c(-c1ccccc1)c1nc(c(-c3ccccc3)c3ccc([n-]3)c2-c2ccccc2)C=C1.[Ni+2]. The van der Waals surface area contributed by atoms with Gasteiger partial charge in [0.05, 0.1) is 11.4 Å². The summed E-state index contributed by atoms with van der Waals surface area (Å²) in [6, 6.07) is 49.1. The largest absolute Gasteiger partial charge is 2.00 e. The van der Waals surface area contributed by atoms with Gasteiger partial charge in [-0.25, -0.2) is 9.97 Å². The molecule has 1 atom stereocenters. The maximum Gasteiger partial charge on any atom is 2.00 e. The van der Waals surface area contributed by atoms with Crippen molar-refractivity contribution in [3.63, 3.8) is 0 Å². The molecule has 0 radical (unpaired) electrons. The number of fused-ring (bicyclic) bond motifs is 8. The first-order valence-corrected chi connectivity index (χ1v) is 16.5. The van der Waals surface area contributed by atoms with Crippen LogP contribution in [0.5, 0.6) is 5.88 Å². The van der Waals surface area contributed by atoms with Crippen LogP contribution in [0.2, 0.25) is 0 Å². The average molecular weight is 705 g/mol. The zero-order chi connectivity index (χ0) is 33.4. The molecule has 0 fully saturated rings. The summed E-state index contributed by atoms with van der Waals surface area (Å²) < 4.78 is 12.6. The van der Waals surface area contributed by atoms with Crippen LogP contribution in [-0.4, -0.2) is 17.1 Å². The van der Waals surface area contributed by atoms with Crippen LogP contribution in [0.15, 0.2) is 146 Å². The number of ether oxygens (including phenoxy) is 2. The molecule has 5 heterocycles. The second-order valence-electron chi connectivity index (χ2n) is 12.1. The molecule has 7 heteroatoms. The van der Waals surface area contributed by atoms with Gasteiger partial charge in [-0.05, 0) is 51.1 Å². The van der Waals surface area contributed by atoms with Crippen molar-refractivity contribution in [3.05, 3.63) is 163 Å². The Hall–Kier alpha value is -6.01. The third-order valence-electron chi connectivity index (χ3n) is 9.05. The van der Waals surface area contributed by atoms with Crippen molar-refractivity contribution in [2.75, 3.05) is 7.11 Å². The van der Waals surface area contributed by atoms with Gasteiger partial charge in [-0.2, -0.15) is 0 Å². The predicted molar refractivity (Wildman–Crippen MR) is 200 cm³/mol. The fourth-order valence-electron chi connectivity index (χ4n) is 6.80. The van der Waals surface area contributed by atoms with Gasteiger partial charge in [-0.1, -0.05) is 146 Å². The molecule has 0 spiro atoms. The summed E-state index contributed by atoms with van der Waals surface area (Å²) >= 11 is 0. The smallest absolute Gasteiger partial charge is 0.657 e. The molecule has 0 aliphatic carbocycles. The van der Waals surface area contributed by atoms with Crippen LogP contribution in [0.1, 0.15) is 23.4 Å². The summed E-state index contributed by atoms with van der Waals surface area (Å²) in [6.07, 6.45) is 3.39. The molecule has 2 aliphatic heterocycles. The van der Waals surface area contributed by atoms with E-state index in [1.165, 1.54) is 0 Å². The van der Waals surface area contributed by atoms with Crippen LogP contribution in [0.3, 0.4) is 0 Å². The normalized spacial score (nSPS) is 13.4. The van der Waals surface area contributed by atoms with Crippen molar-refractivity contribution in [1.82, 2.24) is 19.9 Å². The Labute approximate surface area is 305 Å². The van der Waals surface area contributed by atoms with Crippen molar-refractivity contribution in [2.45, 2.75) is 6.29 Å². The van der Waals surface area contributed by atoms with Crippen molar-refractivity contribution >= 4 is 34.2 Å². The first-order valence-electron chi connectivity index (χ1n) is 16.5. The number of rotatable bonds is 5. The summed E-state index contributed by atoms with van der Waals surface area (Å²) in [5.74, 6) is 0.432. The van der Waals surface area contributed by atoms with Crippen LogP contribution >= 0.6 is 0 Å². The number of hydrogen-bond donors (Lipinski definition) is 0. The van der Waals surface area contributed by atoms with E-state index in [1.807, 2.05) is 97.1 Å². The van der Waals surface area contributed by atoms with Gasteiger partial charge in [0.25, 0.3) is 0 Å². The van der Waals surface area contributed by atoms with Crippen LogP contribution in [0.4, 0.5) is 0 Å². The van der Waals surface area contributed by atoms with E-state index in [0.717, 1.165) is 78.0 Å². The second-order valence-corrected chi connectivity index (χ2v) is 12.1. The van der Waals surface area contributed by atoms with E-state index in [-0.39, 0.29) is 16.5 Å². The molecule has 9 rings (SSSR count). The van der Waals surface area contributed by atoms with E-state index in [1.54, 1.807) is 7.11 Å². The van der Waals surface area contributed by atoms with Gasteiger partial charge in [0, 0.05) is 12.7 Å². The summed E-state index contributed by atoms with van der Waals surface area (Å²) in [7, 11) is 1.64. The monoisotopic (exact) mass is 704 g/mol. The molecule has 8 bridgehead atoms. The molecule has 51 heavy (non-hydrogen) atoms. The predicted octanol–water partition coefficient (Wildman–Crippen LogP) is 10.1. The van der Waals surface area contributed by atoms with Crippen molar-refractivity contribution in [2.24, 2.45) is 0 Å². The van der Waals surface area contributed by atoms with Gasteiger partial charge in [-0.3, -0.25) is 0 Å². The molecule has 7 aromatic rings. The first-order chi connectivity index (χ1) is 24.7. The molecule has 0 N–H and O–H groups in total. The minimum Gasteiger partial charge on any atom is -0.657 e. The van der Waals surface area contributed by atoms with E-state index < -0.39 is 6.29 Å². The zero-order valence-corrected chi connectivity index (χ0v) is 28.5. The quantitative estimate of drug-likeness (QED) is 0.166. The fourth-order valence-corrected chi connectivity index (χ4v) is 6.80. The Balaban J connectivity index is 0.00000374. The Bertz CT molecular complexity index is 2550.